The molecule has 2 unspecified atom stereocenters. The molecule has 0 amide bonds. The Kier molecular flexibility index (Phi) is 4.41. The number of nitrogens with one attached hydrogen (secondary N) is 1. The van der Waals surface area contributed by atoms with Gasteiger partial charge < -0.3 is 5.32 Å². The molecule has 0 radical (unpaired) electrons. The normalized spacial score (nSPS) is 26.2. The SMILES string of the molecule is CNCc1ccc(Br)c(S(=O)(=O)N2CC3CCCC3C2)c1. The summed E-state index contributed by atoms with van der Waals surface area (Å²) in [4.78, 5) is 0.398. The molecule has 21 heavy (non-hydrogen) atoms. The molecular formula is C15H21BrN2O2S. The topological polar surface area (TPSA) is 49.4 Å². The fourth-order valence-electron chi connectivity index (χ4n) is 3.59. The van der Waals surface area contributed by atoms with Crippen molar-refractivity contribution in [3.63, 3.8) is 0 Å². The number of fused-ring (bicyclic) bond motifs is 1. The van der Waals surface area contributed by atoms with Gasteiger partial charge in [0.25, 0.3) is 0 Å². The van der Waals surface area contributed by atoms with Crippen molar-refractivity contribution in [1.82, 2.24) is 9.62 Å². The zero-order valence-corrected chi connectivity index (χ0v) is 14.6. The van der Waals surface area contributed by atoms with Gasteiger partial charge in [0, 0.05) is 24.1 Å². The van der Waals surface area contributed by atoms with Crippen molar-refractivity contribution in [2.24, 2.45) is 11.8 Å². The van der Waals surface area contributed by atoms with E-state index in [-0.39, 0.29) is 0 Å². The van der Waals surface area contributed by atoms with Crippen LogP contribution in [0.25, 0.3) is 0 Å². The van der Waals surface area contributed by atoms with Gasteiger partial charge >= 0.3 is 0 Å². The summed E-state index contributed by atoms with van der Waals surface area (Å²) in [5.41, 5.74) is 0.985. The maximum absolute atomic E-state index is 12.9. The molecule has 0 spiro atoms. The molecule has 1 saturated carbocycles. The van der Waals surface area contributed by atoms with Gasteiger partial charge in [0.05, 0.1) is 4.90 Å². The van der Waals surface area contributed by atoms with Crippen molar-refractivity contribution < 1.29 is 8.42 Å². The lowest BCUT2D eigenvalue weighted by atomic mass is 10.0. The number of hydrogen-bond donors (Lipinski definition) is 1. The van der Waals surface area contributed by atoms with Crippen molar-refractivity contribution in [2.75, 3.05) is 20.1 Å². The minimum atomic E-state index is -3.39. The summed E-state index contributed by atoms with van der Waals surface area (Å²) in [6.07, 6.45) is 3.61. The number of sulfonamides is 1. The van der Waals surface area contributed by atoms with Crippen molar-refractivity contribution in [1.29, 1.82) is 0 Å². The van der Waals surface area contributed by atoms with E-state index in [4.69, 9.17) is 0 Å². The summed E-state index contributed by atoms with van der Waals surface area (Å²) in [5, 5.41) is 3.06. The number of benzene rings is 1. The summed E-state index contributed by atoms with van der Waals surface area (Å²) in [6, 6.07) is 5.55. The molecule has 2 fully saturated rings. The minimum Gasteiger partial charge on any atom is -0.316 e. The van der Waals surface area contributed by atoms with E-state index in [2.05, 4.69) is 21.2 Å². The first-order valence-electron chi connectivity index (χ1n) is 7.45. The van der Waals surface area contributed by atoms with E-state index in [9.17, 15) is 8.42 Å². The van der Waals surface area contributed by atoms with Crippen LogP contribution in [-0.2, 0) is 16.6 Å². The monoisotopic (exact) mass is 372 g/mol. The molecule has 2 aliphatic rings. The van der Waals surface area contributed by atoms with E-state index in [0.29, 0.717) is 40.8 Å². The molecular weight excluding hydrogens is 352 g/mol. The van der Waals surface area contributed by atoms with Crippen LogP contribution in [0.2, 0.25) is 0 Å². The molecule has 1 saturated heterocycles. The molecule has 116 valence electrons. The molecule has 0 bridgehead atoms. The Balaban J connectivity index is 1.89. The maximum atomic E-state index is 12.9. The fraction of sp³-hybridized carbons (Fsp3) is 0.600. The minimum absolute atomic E-state index is 0.398. The third kappa shape index (κ3) is 2.91. The first-order valence-corrected chi connectivity index (χ1v) is 9.69. The van der Waals surface area contributed by atoms with Crippen LogP contribution in [0.1, 0.15) is 24.8 Å². The van der Waals surface area contributed by atoms with Crippen LogP contribution >= 0.6 is 15.9 Å². The Morgan fingerprint density at radius 1 is 1.29 bits per heavy atom. The van der Waals surface area contributed by atoms with Gasteiger partial charge in [-0.05, 0) is 65.4 Å². The van der Waals surface area contributed by atoms with Crippen LogP contribution in [0.4, 0.5) is 0 Å². The third-order valence-electron chi connectivity index (χ3n) is 4.69. The second-order valence-corrected chi connectivity index (χ2v) is 8.83. The van der Waals surface area contributed by atoms with Crippen molar-refractivity contribution in [2.45, 2.75) is 30.7 Å². The van der Waals surface area contributed by atoms with Gasteiger partial charge in [-0.25, -0.2) is 8.42 Å². The average Bonchev–Trinajstić information content (AvgIpc) is 3.02. The Morgan fingerprint density at radius 2 is 1.95 bits per heavy atom. The Morgan fingerprint density at radius 3 is 2.57 bits per heavy atom. The highest BCUT2D eigenvalue weighted by Gasteiger charge is 2.41. The molecule has 2 atom stereocenters. The highest BCUT2D eigenvalue weighted by Crippen LogP contribution is 2.40. The standard InChI is InChI=1S/C15H21BrN2O2S/c1-17-8-11-5-6-14(16)15(7-11)21(19,20)18-9-12-3-2-4-13(12)10-18/h5-7,12-13,17H,2-4,8-10H2,1H3. The van der Waals surface area contributed by atoms with E-state index >= 15 is 0 Å². The Labute approximate surface area is 135 Å². The summed E-state index contributed by atoms with van der Waals surface area (Å²) in [6.45, 7) is 2.05. The van der Waals surface area contributed by atoms with Gasteiger partial charge in [0.1, 0.15) is 0 Å². The van der Waals surface area contributed by atoms with Crippen molar-refractivity contribution in [3.05, 3.63) is 28.2 Å². The van der Waals surface area contributed by atoms with E-state index in [1.807, 2.05) is 19.2 Å². The van der Waals surface area contributed by atoms with Gasteiger partial charge in [-0.1, -0.05) is 12.5 Å². The summed E-state index contributed by atoms with van der Waals surface area (Å²) >= 11 is 3.40. The summed E-state index contributed by atoms with van der Waals surface area (Å²) in [7, 11) is -1.53. The molecule has 6 heteroatoms. The summed E-state index contributed by atoms with van der Waals surface area (Å²) < 4.78 is 28.2. The molecule has 1 N–H and O–H groups in total. The lowest BCUT2D eigenvalue weighted by Gasteiger charge is -2.19. The molecule has 1 aromatic carbocycles. The number of rotatable bonds is 4. The van der Waals surface area contributed by atoms with Crippen LogP contribution in [-0.4, -0.2) is 32.9 Å². The fourth-order valence-corrected chi connectivity index (χ4v) is 6.12. The molecule has 0 aromatic heterocycles. The second kappa shape index (κ2) is 5.99. The number of halogens is 1. The maximum Gasteiger partial charge on any atom is 0.244 e. The van der Waals surface area contributed by atoms with Gasteiger partial charge in [-0.15, -0.1) is 0 Å². The lowest BCUT2D eigenvalue weighted by molar-refractivity contribution is 0.445. The van der Waals surface area contributed by atoms with Crippen LogP contribution in [0.3, 0.4) is 0 Å². The Bertz CT molecular complexity index is 621. The zero-order valence-electron chi connectivity index (χ0n) is 12.2. The highest BCUT2D eigenvalue weighted by molar-refractivity contribution is 9.10. The molecule has 3 rings (SSSR count). The summed E-state index contributed by atoms with van der Waals surface area (Å²) in [5.74, 6) is 1.14. The number of nitrogens with zero attached hydrogens (tertiary/aromatic N) is 1. The van der Waals surface area contributed by atoms with Crippen LogP contribution in [0.5, 0.6) is 0 Å². The van der Waals surface area contributed by atoms with Crippen molar-refractivity contribution in [3.8, 4) is 0 Å². The molecule has 1 heterocycles. The molecule has 1 aliphatic heterocycles. The first kappa shape index (κ1) is 15.5. The van der Waals surface area contributed by atoms with Gasteiger partial charge in [-0.3, -0.25) is 0 Å². The van der Waals surface area contributed by atoms with Crippen LogP contribution in [0.15, 0.2) is 27.6 Å². The van der Waals surface area contributed by atoms with E-state index in [1.54, 1.807) is 10.4 Å². The predicted octanol–water partition coefficient (Wildman–Crippen LogP) is 2.59. The van der Waals surface area contributed by atoms with Gasteiger partial charge in [0.2, 0.25) is 10.0 Å². The quantitative estimate of drug-likeness (QED) is 0.883. The predicted molar refractivity (Wildman–Crippen MR) is 86.5 cm³/mol. The number of hydrogen-bond acceptors (Lipinski definition) is 3. The van der Waals surface area contributed by atoms with Crippen LogP contribution < -0.4 is 5.32 Å². The van der Waals surface area contributed by atoms with E-state index in [0.717, 1.165) is 5.56 Å². The largest absolute Gasteiger partial charge is 0.316 e. The molecule has 1 aliphatic carbocycles. The van der Waals surface area contributed by atoms with Crippen molar-refractivity contribution >= 4 is 26.0 Å². The van der Waals surface area contributed by atoms with Gasteiger partial charge in [-0.2, -0.15) is 4.31 Å². The molecule has 1 aromatic rings. The van der Waals surface area contributed by atoms with E-state index in [1.165, 1.54) is 19.3 Å². The molecule has 4 nitrogen and oxygen atoms in total. The zero-order chi connectivity index (χ0) is 15.0. The lowest BCUT2D eigenvalue weighted by Crippen LogP contribution is -2.30. The average molecular weight is 373 g/mol. The first-order chi connectivity index (χ1) is 10.0. The Hall–Kier alpha value is -0.430. The second-order valence-electron chi connectivity index (χ2n) is 6.07. The smallest absolute Gasteiger partial charge is 0.244 e. The highest BCUT2D eigenvalue weighted by atomic mass is 79.9. The third-order valence-corrected chi connectivity index (χ3v) is 7.51. The van der Waals surface area contributed by atoms with Crippen LogP contribution in [0, 0.1) is 11.8 Å². The van der Waals surface area contributed by atoms with Gasteiger partial charge in [0.15, 0.2) is 0 Å². The van der Waals surface area contributed by atoms with E-state index < -0.39 is 10.0 Å².